The molecule has 1 amide bonds. The number of carbonyl (C=O) groups is 1. The number of para-hydroxylation sites is 2. The van der Waals surface area contributed by atoms with Gasteiger partial charge in [-0.05, 0) is 55.0 Å². The summed E-state index contributed by atoms with van der Waals surface area (Å²) in [5.41, 5.74) is 2.05. The van der Waals surface area contributed by atoms with Crippen molar-refractivity contribution in [3.63, 3.8) is 0 Å². The molecule has 0 saturated heterocycles. The van der Waals surface area contributed by atoms with Crippen molar-refractivity contribution < 1.29 is 17.9 Å². The first-order chi connectivity index (χ1) is 15.2. The van der Waals surface area contributed by atoms with Gasteiger partial charge >= 0.3 is 0 Å². The van der Waals surface area contributed by atoms with E-state index < -0.39 is 10.0 Å². The third kappa shape index (κ3) is 6.16. The van der Waals surface area contributed by atoms with E-state index in [1.165, 1.54) is 22.5 Å². The van der Waals surface area contributed by atoms with Crippen LogP contribution in [0.25, 0.3) is 0 Å². The average Bonchev–Trinajstić information content (AvgIpc) is 2.72. The second kappa shape index (κ2) is 10.3. The van der Waals surface area contributed by atoms with E-state index in [1.807, 2.05) is 19.1 Å². The Morgan fingerprint density at radius 1 is 1.00 bits per heavy atom. The first-order valence-corrected chi connectivity index (χ1v) is 12.3. The van der Waals surface area contributed by atoms with Gasteiger partial charge in [-0.15, -0.1) is 0 Å². The lowest BCUT2D eigenvalue weighted by Crippen LogP contribution is -2.29. The summed E-state index contributed by atoms with van der Waals surface area (Å²) in [6.07, 6.45) is 1.11. The highest BCUT2D eigenvalue weighted by Gasteiger charge is 2.19. The molecule has 3 aromatic rings. The number of nitrogens with one attached hydrogen (secondary N) is 1. The molecule has 3 aromatic carbocycles. The molecule has 0 heterocycles. The van der Waals surface area contributed by atoms with Gasteiger partial charge in [0.25, 0.3) is 5.91 Å². The van der Waals surface area contributed by atoms with E-state index in [0.717, 1.165) is 6.26 Å². The molecular weight excluding hydrogens is 471 g/mol. The van der Waals surface area contributed by atoms with Crippen LogP contribution in [0, 0.1) is 0 Å². The summed E-state index contributed by atoms with van der Waals surface area (Å²) in [4.78, 5) is 12.7. The molecule has 0 spiro atoms. The zero-order valence-corrected chi connectivity index (χ0v) is 19.8. The third-order valence-electron chi connectivity index (χ3n) is 4.51. The first kappa shape index (κ1) is 23.9. The largest absolute Gasteiger partial charge is 0.492 e. The minimum atomic E-state index is -3.60. The highest BCUT2D eigenvalue weighted by atomic mass is 35.5. The van der Waals surface area contributed by atoms with Crippen LogP contribution in [0.4, 0.5) is 11.4 Å². The van der Waals surface area contributed by atoms with Crippen molar-refractivity contribution in [1.29, 1.82) is 0 Å². The number of ether oxygens (including phenoxy) is 1. The fourth-order valence-electron chi connectivity index (χ4n) is 3.06. The summed E-state index contributed by atoms with van der Waals surface area (Å²) in [6.45, 7) is 2.41. The predicted molar refractivity (Wildman–Crippen MR) is 129 cm³/mol. The van der Waals surface area contributed by atoms with E-state index in [1.54, 1.807) is 36.4 Å². The molecule has 32 heavy (non-hydrogen) atoms. The molecule has 3 rings (SSSR count). The minimum Gasteiger partial charge on any atom is -0.492 e. The topological polar surface area (TPSA) is 75.7 Å². The van der Waals surface area contributed by atoms with E-state index in [9.17, 15) is 13.2 Å². The Balaban J connectivity index is 1.79. The standard InChI is InChI=1S/C23H22Cl2N2O4S/c1-3-31-22-7-5-4-6-21(22)26-23(28)17-10-8-16(9-11-17)15-27(32(2,29)30)20-13-18(24)12-19(25)14-20/h4-14H,3,15H2,1-2H3,(H,26,28). The van der Waals surface area contributed by atoms with Crippen LogP contribution in [0.2, 0.25) is 10.0 Å². The van der Waals surface area contributed by atoms with Crippen molar-refractivity contribution in [3.05, 3.63) is 87.9 Å². The van der Waals surface area contributed by atoms with Gasteiger partial charge in [0.05, 0.1) is 30.8 Å². The Hall–Kier alpha value is -2.74. The number of benzene rings is 3. The smallest absolute Gasteiger partial charge is 0.255 e. The Kier molecular flexibility index (Phi) is 7.66. The zero-order chi connectivity index (χ0) is 23.3. The predicted octanol–water partition coefficient (Wildman–Crippen LogP) is 5.61. The van der Waals surface area contributed by atoms with Crippen LogP contribution in [0.15, 0.2) is 66.7 Å². The number of sulfonamides is 1. The number of halogens is 2. The molecule has 0 aliphatic carbocycles. The van der Waals surface area contributed by atoms with Gasteiger partial charge in [0.2, 0.25) is 10.0 Å². The van der Waals surface area contributed by atoms with Crippen LogP contribution in [0.1, 0.15) is 22.8 Å². The number of amides is 1. The molecular formula is C23H22Cl2N2O4S. The molecule has 9 heteroatoms. The molecule has 1 N–H and O–H groups in total. The first-order valence-electron chi connectivity index (χ1n) is 9.73. The van der Waals surface area contributed by atoms with E-state index in [0.29, 0.717) is 44.9 Å². The van der Waals surface area contributed by atoms with Crippen molar-refractivity contribution in [2.24, 2.45) is 0 Å². The van der Waals surface area contributed by atoms with Gasteiger partial charge in [-0.1, -0.05) is 47.5 Å². The van der Waals surface area contributed by atoms with Crippen LogP contribution in [-0.4, -0.2) is 27.2 Å². The maximum atomic E-state index is 12.7. The second-order valence-corrected chi connectivity index (χ2v) is 9.76. The Morgan fingerprint density at radius 3 is 2.22 bits per heavy atom. The Morgan fingerprint density at radius 2 is 1.62 bits per heavy atom. The lowest BCUT2D eigenvalue weighted by Gasteiger charge is -2.23. The Labute approximate surface area is 197 Å². The van der Waals surface area contributed by atoms with Crippen molar-refractivity contribution in [1.82, 2.24) is 0 Å². The highest BCUT2D eigenvalue weighted by Crippen LogP contribution is 2.29. The van der Waals surface area contributed by atoms with Gasteiger partial charge in [-0.2, -0.15) is 0 Å². The summed E-state index contributed by atoms with van der Waals surface area (Å²) < 4.78 is 31.5. The molecule has 0 saturated carbocycles. The third-order valence-corrected chi connectivity index (χ3v) is 6.09. The van der Waals surface area contributed by atoms with Crippen molar-refractivity contribution >= 4 is 50.5 Å². The summed E-state index contributed by atoms with van der Waals surface area (Å²) in [7, 11) is -3.60. The lowest BCUT2D eigenvalue weighted by atomic mass is 10.1. The maximum absolute atomic E-state index is 12.7. The monoisotopic (exact) mass is 492 g/mol. The van der Waals surface area contributed by atoms with Crippen LogP contribution in [0.5, 0.6) is 5.75 Å². The summed E-state index contributed by atoms with van der Waals surface area (Å²) >= 11 is 12.1. The molecule has 0 radical (unpaired) electrons. The van der Waals surface area contributed by atoms with Gasteiger partial charge in [0.15, 0.2) is 0 Å². The molecule has 6 nitrogen and oxygen atoms in total. The van der Waals surface area contributed by atoms with Crippen molar-refractivity contribution in [3.8, 4) is 5.75 Å². The van der Waals surface area contributed by atoms with Crippen LogP contribution < -0.4 is 14.4 Å². The number of hydrogen-bond acceptors (Lipinski definition) is 4. The number of nitrogens with zero attached hydrogens (tertiary/aromatic N) is 1. The molecule has 168 valence electrons. The molecule has 0 unspecified atom stereocenters. The molecule has 0 atom stereocenters. The van der Waals surface area contributed by atoms with Gasteiger partial charge in [0.1, 0.15) is 5.75 Å². The quantitative estimate of drug-likeness (QED) is 0.443. The van der Waals surface area contributed by atoms with Crippen LogP contribution in [0.3, 0.4) is 0 Å². The van der Waals surface area contributed by atoms with Gasteiger partial charge < -0.3 is 10.1 Å². The van der Waals surface area contributed by atoms with Crippen molar-refractivity contribution in [2.75, 3.05) is 22.5 Å². The van der Waals surface area contributed by atoms with Gasteiger partial charge in [0, 0.05) is 15.6 Å². The fraction of sp³-hybridized carbons (Fsp3) is 0.174. The zero-order valence-electron chi connectivity index (χ0n) is 17.5. The molecule has 0 bridgehead atoms. The SMILES string of the molecule is CCOc1ccccc1NC(=O)c1ccc(CN(c2cc(Cl)cc(Cl)c2)S(C)(=O)=O)cc1. The summed E-state index contributed by atoms with van der Waals surface area (Å²) in [5, 5.41) is 3.50. The average molecular weight is 493 g/mol. The summed E-state index contributed by atoms with van der Waals surface area (Å²) in [6, 6.07) is 18.5. The van der Waals surface area contributed by atoms with E-state index in [-0.39, 0.29) is 12.5 Å². The Bertz CT molecular complexity index is 1190. The van der Waals surface area contributed by atoms with Crippen molar-refractivity contribution in [2.45, 2.75) is 13.5 Å². The molecule has 0 aromatic heterocycles. The van der Waals surface area contributed by atoms with E-state index in [4.69, 9.17) is 27.9 Å². The van der Waals surface area contributed by atoms with E-state index >= 15 is 0 Å². The highest BCUT2D eigenvalue weighted by molar-refractivity contribution is 7.92. The normalized spacial score (nSPS) is 11.1. The lowest BCUT2D eigenvalue weighted by molar-refractivity contribution is 0.102. The second-order valence-electron chi connectivity index (χ2n) is 6.98. The summed E-state index contributed by atoms with van der Waals surface area (Å²) in [5.74, 6) is 0.286. The molecule has 0 aliphatic heterocycles. The number of rotatable bonds is 8. The van der Waals surface area contributed by atoms with Crippen LogP contribution >= 0.6 is 23.2 Å². The molecule has 0 aliphatic rings. The van der Waals surface area contributed by atoms with E-state index in [2.05, 4.69) is 5.32 Å². The molecule has 0 fully saturated rings. The maximum Gasteiger partial charge on any atom is 0.255 e. The number of carbonyl (C=O) groups excluding carboxylic acids is 1. The minimum absolute atomic E-state index is 0.0601. The fourth-order valence-corrected chi connectivity index (χ4v) is 4.44. The van der Waals surface area contributed by atoms with Crippen LogP contribution in [-0.2, 0) is 16.6 Å². The number of hydrogen-bond donors (Lipinski definition) is 1. The number of anilines is 2. The van der Waals surface area contributed by atoms with Gasteiger partial charge in [-0.25, -0.2) is 8.42 Å². The van der Waals surface area contributed by atoms with Gasteiger partial charge in [-0.3, -0.25) is 9.10 Å².